The van der Waals surface area contributed by atoms with Gasteiger partial charge in [-0.1, -0.05) is 0 Å². The van der Waals surface area contributed by atoms with Gasteiger partial charge in [-0.25, -0.2) is 8.78 Å². The Balaban J connectivity index is 3.04. The van der Waals surface area contributed by atoms with Gasteiger partial charge in [-0.15, -0.1) is 0 Å². The number of rotatable bonds is 4. The van der Waals surface area contributed by atoms with Gasteiger partial charge in [0.05, 0.1) is 0 Å². The Hall–Kier alpha value is -1.79. The van der Waals surface area contributed by atoms with Gasteiger partial charge in [0.1, 0.15) is 0 Å². The minimum absolute atomic E-state index is 0.0945. The van der Waals surface area contributed by atoms with Crippen LogP contribution < -0.4 is 10.6 Å². The molecule has 0 aromatic heterocycles. The predicted molar refractivity (Wildman–Crippen MR) is 59.8 cm³/mol. The van der Waals surface area contributed by atoms with Gasteiger partial charge in [-0.3, -0.25) is 4.79 Å². The smallest absolute Gasteiger partial charge is 0.384 e. The fourth-order valence-electron chi connectivity index (χ4n) is 1.37. The minimum atomic E-state index is -4.70. The molecule has 0 atom stereocenters. The van der Waals surface area contributed by atoms with Crippen molar-refractivity contribution in [1.29, 1.82) is 0 Å². The summed E-state index contributed by atoms with van der Waals surface area (Å²) in [6, 6.07) is 5.42. The van der Waals surface area contributed by atoms with Crippen LogP contribution in [0, 0.1) is 0 Å². The van der Waals surface area contributed by atoms with E-state index < -0.39 is 18.3 Å². The van der Waals surface area contributed by atoms with Gasteiger partial charge < -0.3 is 10.6 Å². The number of alkyl halides is 4. The zero-order chi connectivity index (χ0) is 13.9. The van der Waals surface area contributed by atoms with Crippen molar-refractivity contribution in [2.75, 3.05) is 17.2 Å². The maximum absolute atomic E-state index is 13.0. The summed E-state index contributed by atoms with van der Waals surface area (Å²) in [4.78, 5) is 12.0. The number of hydrogen-bond acceptors (Lipinski definition) is 2. The maximum atomic E-state index is 13.0. The summed E-state index contributed by atoms with van der Waals surface area (Å²) in [5.74, 6) is -6.62. The number of nitrogen functional groups attached to an aromatic ring is 1. The van der Waals surface area contributed by atoms with E-state index in [1.165, 1.54) is 31.2 Å². The number of anilines is 2. The molecule has 0 fully saturated rings. The molecule has 0 saturated heterocycles. The molecule has 0 aliphatic carbocycles. The third-order valence-electron chi connectivity index (χ3n) is 2.33. The molecule has 2 N–H and O–H groups in total. The molecule has 3 nitrogen and oxygen atoms in total. The van der Waals surface area contributed by atoms with E-state index in [1.807, 2.05) is 0 Å². The molecule has 1 aromatic rings. The molecule has 18 heavy (non-hydrogen) atoms. The Morgan fingerprint density at radius 3 is 2.22 bits per heavy atom. The van der Waals surface area contributed by atoms with Gasteiger partial charge >= 0.3 is 18.3 Å². The number of nitrogens with zero attached hydrogens (tertiary/aromatic N) is 1. The second-order valence-electron chi connectivity index (χ2n) is 3.56. The number of benzene rings is 1. The normalized spacial score (nSPS) is 11.7. The zero-order valence-corrected chi connectivity index (χ0v) is 9.54. The molecular formula is C11H12F4N2O. The molecule has 0 aliphatic rings. The number of amides is 1. The molecule has 0 radical (unpaired) electrons. The summed E-state index contributed by atoms with van der Waals surface area (Å²) in [7, 11) is 0. The van der Waals surface area contributed by atoms with Crippen molar-refractivity contribution in [2.24, 2.45) is 0 Å². The number of nitrogens with two attached hydrogens (primary N) is 1. The molecule has 1 rings (SSSR count). The van der Waals surface area contributed by atoms with Crippen LogP contribution in [-0.2, 0) is 4.79 Å². The highest BCUT2D eigenvalue weighted by atomic mass is 19.3. The quantitative estimate of drug-likeness (QED) is 0.671. The molecule has 1 aromatic carbocycles. The third-order valence-corrected chi connectivity index (χ3v) is 2.33. The lowest BCUT2D eigenvalue weighted by atomic mass is 10.2. The predicted octanol–water partition coefficient (Wildman–Crippen LogP) is 2.52. The Morgan fingerprint density at radius 1 is 1.33 bits per heavy atom. The lowest BCUT2D eigenvalue weighted by Gasteiger charge is -2.25. The SMILES string of the molecule is CCN(C(=O)C(F)(F)C(F)F)c1ccc(N)cc1. The summed E-state index contributed by atoms with van der Waals surface area (Å²) in [5, 5.41) is 0. The maximum Gasteiger partial charge on any atom is 0.384 e. The molecule has 0 heterocycles. The lowest BCUT2D eigenvalue weighted by molar-refractivity contribution is -0.166. The van der Waals surface area contributed by atoms with E-state index in [0.717, 1.165) is 0 Å². The second kappa shape index (κ2) is 5.24. The molecule has 7 heteroatoms. The monoisotopic (exact) mass is 264 g/mol. The summed E-state index contributed by atoms with van der Waals surface area (Å²) < 4.78 is 50.2. The molecule has 1 amide bonds. The summed E-state index contributed by atoms with van der Waals surface area (Å²) >= 11 is 0. The van der Waals surface area contributed by atoms with Gasteiger partial charge in [0.15, 0.2) is 0 Å². The van der Waals surface area contributed by atoms with E-state index in [-0.39, 0.29) is 12.2 Å². The Morgan fingerprint density at radius 2 is 1.83 bits per heavy atom. The lowest BCUT2D eigenvalue weighted by Crippen LogP contribution is -2.47. The van der Waals surface area contributed by atoms with Crippen molar-refractivity contribution in [3.05, 3.63) is 24.3 Å². The molecule has 100 valence electrons. The second-order valence-corrected chi connectivity index (χ2v) is 3.56. The van der Waals surface area contributed by atoms with Crippen LogP contribution in [0.5, 0.6) is 0 Å². The average Bonchev–Trinajstić information content (AvgIpc) is 2.32. The first-order valence-corrected chi connectivity index (χ1v) is 5.14. The van der Waals surface area contributed by atoms with Crippen molar-refractivity contribution >= 4 is 17.3 Å². The van der Waals surface area contributed by atoms with Gasteiger partial charge in [0.2, 0.25) is 0 Å². The van der Waals surface area contributed by atoms with Crippen LogP contribution in [0.3, 0.4) is 0 Å². The van der Waals surface area contributed by atoms with E-state index in [0.29, 0.717) is 10.6 Å². The van der Waals surface area contributed by atoms with E-state index in [2.05, 4.69) is 0 Å². The van der Waals surface area contributed by atoms with Crippen molar-refractivity contribution in [1.82, 2.24) is 0 Å². The fourth-order valence-corrected chi connectivity index (χ4v) is 1.37. The molecular weight excluding hydrogens is 252 g/mol. The summed E-state index contributed by atoms with van der Waals surface area (Å²) in [5.41, 5.74) is 5.88. The fraction of sp³-hybridized carbons (Fsp3) is 0.364. The molecule has 0 bridgehead atoms. The number of halogens is 4. The Bertz CT molecular complexity index is 420. The van der Waals surface area contributed by atoms with Gasteiger partial charge in [0.25, 0.3) is 0 Å². The summed E-state index contributed by atoms with van der Waals surface area (Å²) in [6.45, 7) is 1.26. The van der Waals surface area contributed by atoms with Crippen LogP contribution in [0.25, 0.3) is 0 Å². The van der Waals surface area contributed by atoms with Crippen LogP contribution in [0.1, 0.15) is 6.92 Å². The minimum Gasteiger partial charge on any atom is -0.399 e. The third kappa shape index (κ3) is 2.72. The van der Waals surface area contributed by atoms with Crippen LogP contribution in [0.15, 0.2) is 24.3 Å². The van der Waals surface area contributed by atoms with Gasteiger partial charge in [0, 0.05) is 17.9 Å². The highest BCUT2D eigenvalue weighted by Gasteiger charge is 2.51. The van der Waals surface area contributed by atoms with Gasteiger partial charge in [-0.05, 0) is 31.2 Å². The van der Waals surface area contributed by atoms with Crippen LogP contribution in [-0.4, -0.2) is 24.8 Å². The van der Waals surface area contributed by atoms with Crippen molar-refractivity contribution < 1.29 is 22.4 Å². The highest BCUT2D eigenvalue weighted by molar-refractivity contribution is 5.98. The van der Waals surface area contributed by atoms with Crippen molar-refractivity contribution in [2.45, 2.75) is 19.3 Å². The number of hydrogen-bond donors (Lipinski definition) is 1. The first-order chi connectivity index (χ1) is 8.30. The van der Waals surface area contributed by atoms with Crippen molar-refractivity contribution in [3.63, 3.8) is 0 Å². The Labute approximate surface area is 101 Å². The first-order valence-electron chi connectivity index (χ1n) is 5.14. The Kier molecular flexibility index (Phi) is 4.15. The van der Waals surface area contributed by atoms with E-state index in [4.69, 9.17) is 5.73 Å². The van der Waals surface area contributed by atoms with Crippen LogP contribution in [0.4, 0.5) is 28.9 Å². The molecule has 0 aliphatic heterocycles. The zero-order valence-electron chi connectivity index (χ0n) is 9.54. The standard InChI is InChI=1S/C11H12F4N2O/c1-2-17(8-5-3-7(16)4-6-8)10(18)11(14,15)9(12)13/h3-6,9H,2,16H2,1H3. The largest absolute Gasteiger partial charge is 0.399 e. The van der Waals surface area contributed by atoms with E-state index >= 15 is 0 Å². The molecule has 0 unspecified atom stereocenters. The molecule has 0 spiro atoms. The first kappa shape index (κ1) is 14.3. The average molecular weight is 264 g/mol. The number of carbonyl (C=O) groups excluding carboxylic acids is 1. The summed E-state index contributed by atoms with van der Waals surface area (Å²) in [6.07, 6.45) is -4.03. The highest BCUT2D eigenvalue weighted by Crippen LogP contribution is 2.28. The van der Waals surface area contributed by atoms with Crippen LogP contribution in [0.2, 0.25) is 0 Å². The number of carbonyl (C=O) groups is 1. The van der Waals surface area contributed by atoms with Crippen molar-refractivity contribution in [3.8, 4) is 0 Å². The van der Waals surface area contributed by atoms with E-state index in [1.54, 1.807) is 0 Å². The van der Waals surface area contributed by atoms with Crippen LogP contribution >= 0.6 is 0 Å². The van der Waals surface area contributed by atoms with E-state index in [9.17, 15) is 22.4 Å². The topological polar surface area (TPSA) is 46.3 Å². The van der Waals surface area contributed by atoms with Gasteiger partial charge in [-0.2, -0.15) is 8.78 Å². The molecule has 0 saturated carbocycles.